The van der Waals surface area contributed by atoms with Crippen molar-refractivity contribution in [3.05, 3.63) is 82.9 Å². The molecule has 0 fully saturated rings. The molecule has 3 aromatic rings. The van der Waals surface area contributed by atoms with Crippen LogP contribution in [0, 0.1) is 6.92 Å². The third kappa shape index (κ3) is 7.95. The van der Waals surface area contributed by atoms with Gasteiger partial charge in [0, 0.05) is 23.7 Å². The minimum absolute atomic E-state index is 0.0905. The van der Waals surface area contributed by atoms with Crippen molar-refractivity contribution in [2.45, 2.75) is 57.6 Å². The topological polar surface area (TPSA) is 105 Å². The highest BCUT2D eigenvalue weighted by atomic mass is 35.5. The lowest BCUT2D eigenvalue weighted by Crippen LogP contribution is -2.52. The van der Waals surface area contributed by atoms with Crippen molar-refractivity contribution >= 4 is 39.1 Å². The van der Waals surface area contributed by atoms with Gasteiger partial charge in [0.05, 0.1) is 24.8 Å². The average molecular weight is 616 g/mol. The molecule has 0 heterocycles. The van der Waals surface area contributed by atoms with Gasteiger partial charge in [0.15, 0.2) is 11.5 Å². The van der Waals surface area contributed by atoms with Crippen LogP contribution in [0.2, 0.25) is 5.02 Å². The van der Waals surface area contributed by atoms with Crippen LogP contribution in [-0.2, 0) is 26.2 Å². The lowest BCUT2D eigenvalue weighted by atomic mass is 10.1. The first-order valence-electron chi connectivity index (χ1n) is 13.6. The number of hydrogen-bond donors (Lipinski definition) is 1. The first-order chi connectivity index (χ1) is 19.9. The average Bonchev–Trinajstić information content (AvgIpc) is 2.98. The molecule has 0 aliphatic heterocycles. The van der Waals surface area contributed by atoms with E-state index >= 15 is 0 Å². The van der Waals surface area contributed by atoms with Gasteiger partial charge < -0.3 is 19.7 Å². The monoisotopic (exact) mass is 615 g/mol. The maximum Gasteiger partial charge on any atom is 0.264 e. The maximum absolute atomic E-state index is 14.1. The van der Waals surface area contributed by atoms with Gasteiger partial charge in [-0.2, -0.15) is 0 Å². The Bertz CT molecular complexity index is 1480. The number of carbonyl (C=O) groups excluding carboxylic acids is 2. The highest BCUT2D eigenvalue weighted by Gasteiger charge is 2.33. The molecular weight excluding hydrogens is 578 g/mol. The molecule has 0 aromatic heterocycles. The number of sulfonamides is 1. The molecule has 0 aliphatic rings. The van der Waals surface area contributed by atoms with E-state index in [4.69, 9.17) is 21.1 Å². The largest absolute Gasteiger partial charge is 0.493 e. The van der Waals surface area contributed by atoms with Crippen LogP contribution in [-0.4, -0.2) is 58.0 Å². The van der Waals surface area contributed by atoms with Gasteiger partial charge >= 0.3 is 0 Å². The highest BCUT2D eigenvalue weighted by Crippen LogP contribution is 2.32. The number of methoxy groups -OCH3 is 2. The summed E-state index contributed by atoms with van der Waals surface area (Å²) in [6.45, 7) is 6.98. The van der Waals surface area contributed by atoms with Crippen LogP contribution in [0.25, 0.3) is 0 Å². The Kier molecular flexibility index (Phi) is 11.2. The van der Waals surface area contributed by atoms with Gasteiger partial charge in [-0.15, -0.1) is 0 Å². The molecular formula is C31H38ClN3O6S. The minimum atomic E-state index is -4.29. The Labute approximate surface area is 253 Å². The fourth-order valence-electron chi connectivity index (χ4n) is 4.18. The fourth-order valence-corrected chi connectivity index (χ4v) is 5.73. The number of benzene rings is 3. The first kappa shape index (κ1) is 32.8. The number of hydrogen-bond acceptors (Lipinski definition) is 6. The van der Waals surface area contributed by atoms with Crippen molar-refractivity contribution in [3.63, 3.8) is 0 Å². The molecule has 0 bridgehead atoms. The molecule has 11 heteroatoms. The van der Waals surface area contributed by atoms with E-state index in [0.29, 0.717) is 10.8 Å². The zero-order valence-electron chi connectivity index (χ0n) is 24.8. The molecule has 9 nitrogen and oxygen atoms in total. The standard InChI is InChI=1S/C31H38ClN3O6S/c1-7-22(3)33-31(37)23(4)34(19-24-10-8-21(2)9-11-24)30(36)20-35(26-14-12-25(32)13-15-26)42(38,39)27-16-17-28(40-5)29(18-27)41-6/h8-18,22-23H,7,19-20H2,1-6H3,(H,33,37). The van der Waals surface area contributed by atoms with Crippen molar-refractivity contribution in [2.24, 2.45) is 0 Å². The SMILES string of the molecule is CCC(C)NC(=O)C(C)N(Cc1ccc(C)cc1)C(=O)CN(c1ccc(Cl)cc1)S(=O)(=O)c1ccc(OC)c(OC)c1. The molecule has 2 atom stereocenters. The number of carbonyl (C=O) groups is 2. The van der Waals surface area contributed by atoms with Gasteiger partial charge in [0.2, 0.25) is 11.8 Å². The zero-order chi connectivity index (χ0) is 31.0. The van der Waals surface area contributed by atoms with E-state index < -0.39 is 28.5 Å². The summed E-state index contributed by atoms with van der Waals surface area (Å²) in [6.07, 6.45) is 0.721. The number of rotatable bonds is 13. The van der Waals surface area contributed by atoms with E-state index in [-0.39, 0.29) is 34.8 Å². The van der Waals surface area contributed by atoms with Gasteiger partial charge in [0.25, 0.3) is 10.0 Å². The summed E-state index contributed by atoms with van der Waals surface area (Å²) in [6, 6.07) is 17.0. The summed E-state index contributed by atoms with van der Waals surface area (Å²) in [7, 11) is -1.44. The molecule has 0 saturated heterocycles. The molecule has 42 heavy (non-hydrogen) atoms. The quantitative estimate of drug-likeness (QED) is 0.284. The van der Waals surface area contributed by atoms with Crippen LogP contribution in [0.5, 0.6) is 11.5 Å². The Morgan fingerprint density at radius 2 is 1.55 bits per heavy atom. The summed E-state index contributed by atoms with van der Waals surface area (Å²) >= 11 is 6.09. The molecule has 0 spiro atoms. The Hall–Kier alpha value is -3.76. The molecule has 3 aromatic carbocycles. The highest BCUT2D eigenvalue weighted by molar-refractivity contribution is 7.92. The Balaban J connectivity index is 2.06. The number of halogens is 1. The van der Waals surface area contributed by atoms with Crippen molar-refractivity contribution < 1.29 is 27.5 Å². The fraction of sp³-hybridized carbons (Fsp3) is 0.355. The van der Waals surface area contributed by atoms with E-state index in [0.717, 1.165) is 21.9 Å². The van der Waals surface area contributed by atoms with Gasteiger partial charge in [-0.1, -0.05) is 48.4 Å². The number of aryl methyl sites for hydroxylation is 1. The molecule has 2 amide bonds. The number of ether oxygens (including phenoxy) is 2. The lowest BCUT2D eigenvalue weighted by Gasteiger charge is -2.32. The number of anilines is 1. The smallest absolute Gasteiger partial charge is 0.264 e. The maximum atomic E-state index is 14.1. The summed E-state index contributed by atoms with van der Waals surface area (Å²) < 4.78 is 39.7. The first-order valence-corrected chi connectivity index (χ1v) is 15.4. The van der Waals surface area contributed by atoms with Crippen LogP contribution in [0.1, 0.15) is 38.3 Å². The van der Waals surface area contributed by atoms with E-state index in [1.165, 1.54) is 49.5 Å². The van der Waals surface area contributed by atoms with E-state index in [1.807, 2.05) is 45.0 Å². The molecule has 1 N–H and O–H groups in total. The molecule has 2 unspecified atom stereocenters. The summed E-state index contributed by atoms with van der Waals surface area (Å²) in [5.41, 5.74) is 2.08. The third-order valence-corrected chi connectivity index (χ3v) is 9.00. The van der Waals surface area contributed by atoms with Crippen molar-refractivity contribution in [1.29, 1.82) is 0 Å². The van der Waals surface area contributed by atoms with E-state index in [1.54, 1.807) is 19.1 Å². The zero-order valence-corrected chi connectivity index (χ0v) is 26.3. The summed E-state index contributed by atoms with van der Waals surface area (Å²) in [4.78, 5) is 28.5. The van der Waals surface area contributed by atoms with Crippen molar-refractivity contribution in [3.8, 4) is 11.5 Å². The second-order valence-corrected chi connectivity index (χ2v) is 12.3. The van der Waals surface area contributed by atoms with E-state index in [2.05, 4.69) is 5.32 Å². The van der Waals surface area contributed by atoms with Crippen LogP contribution < -0.4 is 19.1 Å². The normalized spacial score (nSPS) is 12.6. The van der Waals surface area contributed by atoms with Crippen LogP contribution in [0.3, 0.4) is 0 Å². The van der Waals surface area contributed by atoms with Crippen molar-refractivity contribution in [1.82, 2.24) is 10.2 Å². The summed E-state index contributed by atoms with van der Waals surface area (Å²) in [5.74, 6) is -0.305. The number of nitrogens with one attached hydrogen (secondary N) is 1. The summed E-state index contributed by atoms with van der Waals surface area (Å²) in [5, 5.41) is 3.33. The predicted molar refractivity (Wildman–Crippen MR) is 165 cm³/mol. The predicted octanol–water partition coefficient (Wildman–Crippen LogP) is 5.19. The molecule has 226 valence electrons. The van der Waals surface area contributed by atoms with Crippen LogP contribution >= 0.6 is 11.6 Å². The van der Waals surface area contributed by atoms with E-state index in [9.17, 15) is 18.0 Å². The number of nitrogens with zero attached hydrogens (tertiary/aromatic N) is 2. The Morgan fingerprint density at radius 3 is 2.12 bits per heavy atom. The lowest BCUT2D eigenvalue weighted by molar-refractivity contribution is -0.139. The minimum Gasteiger partial charge on any atom is -0.493 e. The van der Waals surface area contributed by atoms with Crippen LogP contribution in [0.15, 0.2) is 71.6 Å². The molecule has 3 rings (SSSR count). The van der Waals surface area contributed by atoms with Crippen molar-refractivity contribution in [2.75, 3.05) is 25.1 Å². The van der Waals surface area contributed by atoms with Gasteiger partial charge in [-0.05, 0) is 69.2 Å². The molecule has 0 saturated carbocycles. The van der Waals surface area contributed by atoms with Gasteiger partial charge in [-0.25, -0.2) is 8.42 Å². The molecule has 0 radical (unpaired) electrons. The van der Waals surface area contributed by atoms with Gasteiger partial charge in [0.1, 0.15) is 12.6 Å². The second kappa shape index (κ2) is 14.4. The molecule has 0 aliphatic carbocycles. The third-order valence-electron chi connectivity index (χ3n) is 6.98. The van der Waals surface area contributed by atoms with Gasteiger partial charge in [-0.3, -0.25) is 13.9 Å². The van der Waals surface area contributed by atoms with Crippen LogP contribution in [0.4, 0.5) is 5.69 Å². The Morgan fingerprint density at radius 1 is 0.929 bits per heavy atom. The second-order valence-electron chi connectivity index (χ2n) is 10.0. The number of amides is 2.